The molecule has 6 nitrogen and oxygen atoms in total. The summed E-state index contributed by atoms with van der Waals surface area (Å²) in [4.78, 5) is 10.6. The number of nitrogens with two attached hydrogens (primary N) is 2. The van der Waals surface area contributed by atoms with E-state index in [1.54, 1.807) is 30.3 Å². The van der Waals surface area contributed by atoms with Gasteiger partial charge < -0.3 is 10.5 Å². The minimum atomic E-state index is -4.24. The monoisotopic (exact) mass is 256 g/mol. The molecular formula is C10H12N2O4S. The summed E-state index contributed by atoms with van der Waals surface area (Å²) in [6.07, 6.45) is 0. The number of esters is 1. The Balaban J connectivity index is 3.46. The minimum absolute atomic E-state index is 0.236. The molecule has 0 aliphatic rings. The number of hydrogen-bond donors (Lipinski definition) is 2. The molecule has 1 rings (SSSR count). The van der Waals surface area contributed by atoms with Crippen molar-refractivity contribution in [2.24, 2.45) is 10.9 Å². The maximum atomic E-state index is 11.4. The van der Waals surface area contributed by atoms with Crippen molar-refractivity contribution in [2.45, 2.75) is 0 Å². The van der Waals surface area contributed by atoms with E-state index in [0.717, 1.165) is 7.11 Å². The van der Waals surface area contributed by atoms with Crippen LogP contribution in [0.3, 0.4) is 0 Å². The zero-order chi connectivity index (χ0) is 13.1. The summed E-state index contributed by atoms with van der Waals surface area (Å²) in [6.45, 7) is 0. The summed E-state index contributed by atoms with van der Waals surface area (Å²) < 4.78 is 26.9. The van der Waals surface area contributed by atoms with Crippen molar-refractivity contribution in [1.82, 2.24) is 0 Å². The minimum Gasteiger partial charge on any atom is -0.465 e. The first-order valence-electron chi connectivity index (χ1n) is 4.54. The van der Waals surface area contributed by atoms with Crippen LogP contribution in [0.15, 0.2) is 35.2 Å². The van der Waals surface area contributed by atoms with Crippen LogP contribution in [-0.4, -0.2) is 21.5 Å². The predicted octanol–water partition coefficient (Wildman–Crippen LogP) is -0.225. The number of benzene rings is 1. The fourth-order valence-corrected chi connectivity index (χ4v) is 1.96. The second kappa shape index (κ2) is 4.98. The summed E-state index contributed by atoms with van der Waals surface area (Å²) in [7, 11) is -3.20. The number of carbonyl (C=O) groups is 1. The third-order valence-electron chi connectivity index (χ3n) is 1.98. The van der Waals surface area contributed by atoms with E-state index in [9.17, 15) is 13.2 Å². The molecule has 0 bridgehead atoms. The van der Waals surface area contributed by atoms with Crippen LogP contribution in [0.25, 0.3) is 5.70 Å². The largest absolute Gasteiger partial charge is 0.465 e. The van der Waals surface area contributed by atoms with E-state index in [-0.39, 0.29) is 5.70 Å². The van der Waals surface area contributed by atoms with Crippen LogP contribution in [-0.2, 0) is 19.6 Å². The molecule has 0 atom stereocenters. The average molecular weight is 256 g/mol. The molecule has 0 aromatic heterocycles. The molecule has 0 saturated heterocycles. The smallest absolute Gasteiger partial charge is 0.353 e. The molecule has 0 heterocycles. The maximum absolute atomic E-state index is 11.4. The molecule has 0 amide bonds. The maximum Gasteiger partial charge on any atom is 0.353 e. The van der Waals surface area contributed by atoms with E-state index < -0.39 is 20.9 Å². The first-order valence-corrected chi connectivity index (χ1v) is 6.09. The molecule has 1 aromatic carbocycles. The van der Waals surface area contributed by atoms with Gasteiger partial charge in [0.15, 0.2) is 4.91 Å². The number of hydrogen-bond acceptors (Lipinski definition) is 5. The van der Waals surface area contributed by atoms with Crippen molar-refractivity contribution < 1.29 is 17.9 Å². The zero-order valence-corrected chi connectivity index (χ0v) is 9.90. The molecule has 7 heteroatoms. The zero-order valence-electron chi connectivity index (χ0n) is 9.08. The fraction of sp³-hybridized carbons (Fsp3) is 0.100. The molecule has 17 heavy (non-hydrogen) atoms. The Labute approximate surface area is 98.9 Å². The third-order valence-corrected chi connectivity index (χ3v) is 2.94. The van der Waals surface area contributed by atoms with Gasteiger partial charge in [-0.15, -0.1) is 0 Å². The Morgan fingerprint density at radius 3 is 2.18 bits per heavy atom. The van der Waals surface area contributed by atoms with Crippen molar-refractivity contribution in [3.05, 3.63) is 40.8 Å². The van der Waals surface area contributed by atoms with Crippen LogP contribution < -0.4 is 10.9 Å². The van der Waals surface area contributed by atoms with E-state index in [4.69, 9.17) is 10.9 Å². The molecule has 92 valence electrons. The molecular weight excluding hydrogens is 244 g/mol. The highest BCUT2D eigenvalue weighted by molar-refractivity contribution is 7.94. The van der Waals surface area contributed by atoms with Gasteiger partial charge in [0.1, 0.15) is 0 Å². The Morgan fingerprint density at radius 2 is 1.76 bits per heavy atom. The molecule has 4 N–H and O–H groups in total. The molecule has 1 aromatic rings. The van der Waals surface area contributed by atoms with Crippen LogP contribution in [0.4, 0.5) is 0 Å². The average Bonchev–Trinajstić information content (AvgIpc) is 2.28. The van der Waals surface area contributed by atoms with Gasteiger partial charge in [0.25, 0.3) is 0 Å². The molecule has 0 unspecified atom stereocenters. The van der Waals surface area contributed by atoms with Gasteiger partial charge in [0.05, 0.1) is 12.8 Å². The highest BCUT2D eigenvalue weighted by atomic mass is 32.2. The van der Waals surface area contributed by atoms with Crippen LogP contribution >= 0.6 is 0 Å². The number of rotatable bonds is 3. The van der Waals surface area contributed by atoms with Crippen molar-refractivity contribution in [3.63, 3.8) is 0 Å². The van der Waals surface area contributed by atoms with Gasteiger partial charge in [-0.05, 0) is 5.56 Å². The number of sulfonamides is 1. The van der Waals surface area contributed by atoms with Gasteiger partial charge in [-0.25, -0.2) is 18.4 Å². The van der Waals surface area contributed by atoms with Crippen molar-refractivity contribution >= 4 is 21.7 Å². The fourth-order valence-electron chi connectivity index (χ4n) is 1.22. The quantitative estimate of drug-likeness (QED) is 0.573. The topological polar surface area (TPSA) is 112 Å². The standard InChI is InChI=1S/C10H12N2O4S/c1-16-10(13)9(17(12,14)15)8(11)7-5-3-2-4-6-7/h2-6H,11H2,1H3,(H2,12,14,15)/b9-8+. The lowest BCUT2D eigenvalue weighted by atomic mass is 10.1. The third kappa shape index (κ3) is 3.05. The predicted molar refractivity (Wildman–Crippen MR) is 62.7 cm³/mol. The van der Waals surface area contributed by atoms with Crippen LogP contribution in [0.5, 0.6) is 0 Å². The number of ether oxygens (including phenoxy) is 1. The summed E-state index contributed by atoms with van der Waals surface area (Å²) >= 11 is 0. The van der Waals surface area contributed by atoms with E-state index >= 15 is 0 Å². The first kappa shape index (κ1) is 13.2. The van der Waals surface area contributed by atoms with E-state index in [1.165, 1.54) is 0 Å². The lowest BCUT2D eigenvalue weighted by Crippen LogP contribution is -2.25. The van der Waals surface area contributed by atoms with Gasteiger partial charge in [-0.1, -0.05) is 30.3 Å². The molecule has 0 saturated carbocycles. The second-order valence-corrected chi connectivity index (χ2v) is 4.64. The van der Waals surface area contributed by atoms with Gasteiger partial charge in [-0.2, -0.15) is 0 Å². The normalized spacial score (nSPS) is 12.8. The van der Waals surface area contributed by atoms with Crippen LogP contribution in [0, 0.1) is 0 Å². The molecule has 0 fully saturated rings. The highest BCUT2D eigenvalue weighted by Crippen LogP contribution is 2.17. The molecule has 0 radical (unpaired) electrons. The lowest BCUT2D eigenvalue weighted by molar-refractivity contribution is -0.135. The summed E-state index contributed by atoms with van der Waals surface area (Å²) in [5, 5.41) is 4.93. The van der Waals surface area contributed by atoms with Gasteiger partial charge >= 0.3 is 5.97 Å². The molecule has 0 spiro atoms. The summed E-state index contributed by atoms with van der Waals surface area (Å²) in [5.41, 5.74) is 5.76. The number of carbonyl (C=O) groups excluding carboxylic acids is 1. The Bertz CT molecular complexity index is 549. The SMILES string of the molecule is COC(=O)/C(=C(\N)c1ccccc1)S(N)(=O)=O. The van der Waals surface area contributed by atoms with E-state index in [1.807, 2.05) is 0 Å². The van der Waals surface area contributed by atoms with Crippen molar-refractivity contribution in [3.8, 4) is 0 Å². The van der Waals surface area contributed by atoms with Crippen LogP contribution in [0.2, 0.25) is 0 Å². The lowest BCUT2D eigenvalue weighted by Gasteiger charge is -2.08. The van der Waals surface area contributed by atoms with Gasteiger partial charge in [0, 0.05) is 0 Å². The number of methoxy groups -OCH3 is 1. The Hall–Kier alpha value is -1.86. The van der Waals surface area contributed by atoms with Gasteiger partial charge in [-0.3, -0.25) is 0 Å². The van der Waals surface area contributed by atoms with Crippen LogP contribution in [0.1, 0.15) is 5.56 Å². The van der Waals surface area contributed by atoms with Crippen molar-refractivity contribution in [1.29, 1.82) is 0 Å². The van der Waals surface area contributed by atoms with E-state index in [2.05, 4.69) is 4.74 Å². The van der Waals surface area contributed by atoms with Gasteiger partial charge in [0.2, 0.25) is 10.0 Å². The summed E-state index contributed by atoms with van der Waals surface area (Å²) in [5.74, 6) is -1.09. The molecule has 0 aliphatic carbocycles. The first-order chi connectivity index (χ1) is 7.88. The van der Waals surface area contributed by atoms with Crippen molar-refractivity contribution in [2.75, 3.05) is 7.11 Å². The van der Waals surface area contributed by atoms with E-state index in [0.29, 0.717) is 5.56 Å². The second-order valence-electron chi connectivity index (χ2n) is 3.15. The molecule has 0 aliphatic heterocycles. The number of primary sulfonamides is 1. The Kier molecular flexibility index (Phi) is 3.87. The summed E-state index contributed by atoms with van der Waals surface area (Å²) in [6, 6.07) is 8.15. The Morgan fingerprint density at radius 1 is 1.24 bits per heavy atom. The highest BCUT2D eigenvalue weighted by Gasteiger charge is 2.26.